The van der Waals surface area contributed by atoms with Crippen LogP contribution >= 0.6 is 0 Å². The van der Waals surface area contributed by atoms with Gasteiger partial charge in [0, 0.05) is 0 Å². The van der Waals surface area contributed by atoms with Gasteiger partial charge >= 0.3 is 0 Å². The Morgan fingerprint density at radius 2 is 1.91 bits per heavy atom. The Bertz CT molecular complexity index is 114. The maximum absolute atomic E-state index is 5.56. The molecule has 0 saturated heterocycles. The quantitative estimate of drug-likeness (QED) is 0.648. The molecule has 0 heterocycles. The smallest absolute Gasteiger partial charge is 0.00720 e. The van der Waals surface area contributed by atoms with Gasteiger partial charge in [-0.2, -0.15) is 0 Å². The summed E-state index contributed by atoms with van der Waals surface area (Å²) >= 11 is 0. The molecule has 0 spiro atoms. The summed E-state index contributed by atoms with van der Waals surface area (Å²) in [6.45, 7) is 5.50. The van der Waals surface area contributed by atoms with Crippen LogP contribution < -0.4 is 5.73 Å². The van der Waals surface area contributed by atoms with E-state index in [-0.39, 0.29) is 0 Å². The van der Waals surface area contributed by atoms with E-state index in [4.69, 9.17) is 5.73 Å². The monoisotopic (exact) mass is 155 g/mol. The van der Waals surface area contributed by atoms with Gasteiger partial charge in [-0.15, -0.1) is 0 Å². The zero-order valence-electron chi connectivity index (χ0n) is 7.90. The summed E-state index contributed by atoms with van der Waals surface area (Å²) in [5.41, 5.74) is 6.27. The summed E-state index contributed by atoms with van der Waals surface area (Å²) < 4.78 is 0. The lowest BCUT2D eigenvalue weighted by molar-refractivity contribution is 0.385. The van der Waals surface area contributed by atoms with Gasteiger partial charge in [-0.25, -0.2) is 0 Å². The summed E-state index contributed by atoms with van der Waals surface area (Å²) in [4.78, 5) is 0. The molecule has 1 aliphatic rings. The van der Waals surface area contributed by atoms with Gasteiger partial charge in [0.2, 0.25) is 0 Å². The van der Waals surface area contributed by atoms with E-state index in [0.29, 0.717) is 5.41 Å². The van der Waals surface area contributed by atoms with Crippen molar-refractivity contribution in [3.63, 3.8) is 0 Å². The Kier molecular flexibility index (Phi) is 2.94. The van der Waals surface area contributed by atoms with Crippen LogP contribution in [0.4, 0.5) is 0 Å². The van der Waals surface area contributed by atoms with Gasteiger partial charge in [-0.1, -0.05) is 20.3 Å². The Morgan fingerprint density at radius 1 is 1.27 bits per heavy atom. The molecule has 1 heteroatoms. The van der Waals surface area contributed by atoms with E-state index in [1.54, 1.807) is 0 Å². The molecule has 0 aromatic heterocycles. The molecule has 66 valence electrons. The van der Waals surface area contributed by atoms with Crippen molar-refractivity contribution in [3.8, 4) is 0 Å². The number of hydrogen-bond donors (Lipinski definition) is 1. The molecule has 0 amide bonds. The molecule has 0 unspecified atom stereocenters. The van der Waals surface area contributed by atoms with Crippen LogP contribution in [0.2, 0.25) is 0 Å². The molecular formula is C10H21N. The molecule has 1 fully saturated rings. The van der Waals surface area contributed by atoms with Crippen LogP contribution in [0.25, 0.3) is 0 Å². The lowest BCUT2D eigenvalue weighted by Crippen LogP contribution is -2.10. The molecule has 11 heavy (non-hydrogen) atoms. The minimum Gasteiger partial charge on any atom is -0.330 e. The average Bonchev–Trinajstić information content (AvgIpc) is 2.67. The molecule has 1 saturated carbocycles. The molecule has 0 aliphatic heterocycles. The van der Waals surface area contributed by atoms with Crippen LogP contribution in [0.15, 0.2) is 0 Å². The van der Waals surface area contributed by atoms with Gasteiger partial charge in [0.15, 0.2) is 0 Å². The SMILES string of the molecule is CC(C)CCC1(CCN)CC1. The van der Waals surface area contributed by atoms with Gasteiger partial charge in [0.1, 0.15) is 0 Å². The van der Waals surface area contributed by atoms with Crippen LogP contribution in [0.1, 0.15) is 46.0 Å². The van der Waals surface area contributed by atoms with Crippen LogP contribution in [0, 0.1) is 11.3 Å². The summed E-state index contributed by atoms with van der Waals surface area (Å²) in [5.74, 6) is 0.866. The van der Waals surface area contributed by atoms with Gasteiger partial charge < -0.3 is 5.73 Å². The highest BCUT2D eigenvalue weighted by atomic mass is 14.6. The van der Waals surface area contributed by atoms with Crippen molar-refractivity contribution in [1.82, 2.24) is 0 Å². The topological polar surface area (TPSA) is 26.0 Å². The molecule has 0 aromatic carbocycles. The van der Waals surface area contributed by atoms with E-state index in [9.17, 15) is 0 Å². The zero-order chi connectivity index (χ0) is 8.32. The molecule has 0 atom stereocenters. The Hall–Kier alpha value is -0.0400. The zero-order valence-corrected chi connectivity index (χ0v) is 7.90. The summed E-state index contributed by atoms with van der Waals surface area (Å²) in [7, 11) is 0. The maximum Gasteiger partial charge on any atom is -0.00720 e. The van der Waals surface area contributed by atoms with E-state index in [2.05, 4.69) is 13.8 Å². The Labute approximate surface area is 70.4 Å². The maximum atomic E-state index is 5.56. The van der Waals surface area contributed by atoms with E-state index >= 15 is 0 Å². The van der Waals surface area contributed by atoms with E-state index in [0.717, 1.165) is 12.5 Å². The molecule has 0 bridgehead atoms. The Balaban J connectivity index is 2.14. The largest absolute Gasteiger partial charge is 0.330 e. The normalized spacial score (nSPS) is 20.7. The predicted octanol–water partition coefficient (Wildman–Crippen LogP) is 2.55. The number of hydrogen-bond acceptors (Lipinski definition) is 1. The van der Waals surface area contributed by atoms with Crippen LogP contribution in [0.3, 0.4) is 0 Å². The van der Waals surface area contributed by atoms with E-state index < -0.39 is 0 Å². The second-order valence-corrected chi connectivity index (χ2v) is 4.47. The third-order valence-corrected chi connectivity index (χ3v) is 2.88. The van der Waals surface area contributed by atoms with Gasteiger partial charge in [-0.3, -0.25) is 0 Å². The molecule has 0 radical (unpaired) electrons. The fourth-order valence-electron chi connectivity index (χ4n) is 1.70. The van der Waals surface area contributed by atoms with Crippen molar-refractivity contribution in [2.45, 2.75) is 46.0 Å². The van der Waals surface area contributed by atoms with Crippen LogP contribution in [-0.4, -0.2) is 6.54 Å². The summed E-state index contributed by atoms with van der Waals surface area (Å²) in [5, 5.41) is 0. The minimum atomic E-state index is 0.707. The van der Waals surface area contributed by atoms with Crippen LogP contribution in [-0.2, 0) is 0 Å². The molecule has 1 nitrogen and oxygen atoms in total. The third-order valence-electron chi connectivity index (χ3n) is 2.88. The first kappa shape index (κ1) is 9.05. The van der Waals surface area contributed by atoms with Crippen molar-refractivity contribution < 1.29 is 0 Å². The van der Waals surface area contributed by atoms with Gasteiger partial charge in [0.25, 0.3) is 0 Å². The first-order valence-corrected chi connectivity index (χ1v) is 4.89. The van der Waals surface area contributed by atoms with Gasteiger partial charge in [0.05, 0.1) is 0 Å². The predicted molar refractivity (Wildman–Crippen MR) is 49.4 cm³/mol. The molecular weight excluding hydrogens is 134 g/mol. The lowest BCUT2D eigenvalue weighted by atomic mass is 9.92. The van der Waals surface area contributed by atoms with Crippen molar-refractivity contribution in [2.24, 2.45) is 17.1 Å². The lowest BCUT2D eigenvalue weighted by Gasteiger charge is -2.14. The summed E-state index contributed by atoms with van der Waals surface area (Å²) in [6, 6.07) is 0. The van der Waals surface area contributed by atoms with Crippen molar-refractivity contribution >= 4 is 0 Å². The Morgan fingerprint density at radius 3 is 2.27 bits per heavy atom. The molecule has 0 aromatic rings. The fourth-order valence-corrected chi connectivity index (χ4v) is 1.70. The number of nitrogens with two attached hydrogens (primary N) is 1. The summed E-state index contributed by atoms with van der Waals surface area (Å²) in [6.07, 6.45) is 6.95. The highest BCUT2D eigenvalue weighted by Crippen LogP contribution is 2.52. The molecule has 1 aliphatic carbocycles. The van der Waals surface area contributed by atoms with E-state index in [1.165, 1.54) is 32.1 Å². The molecule has 1 rings (SSSR count). The van der Waals surface area contributed by atoms with E-state index in [1.807, 2.05) is 0 Å². The van der Waals surface area contributed by atoms with Crippen LogP contribution in [0.5, 0.6) is 0 Å². The average molecular weight is 155 g/mol. The third kappa shape index (κ3) is 2.82. The van der Waals surface area contributed by atoms with Crippen molar-refractivity contribution in [2.75, 3.05) is 6.54 Å². The first-order chi connectivity index (χ1) is 5.18. The second-order valence-electron chi connectivity index (χ2n) is 4.47. The highest BCUT2D eigenvalue weighted by Gasteiger charge is 2.40. The minimum absolute atomic E-state index is 0.707. The number of rotatable bonds is 5. The van der Waals surface area contributed by atoms with Crippen molar-refractivity contribution in [1.29, 1.82) is 0 Å². The van der Waals surface area contributed by atoms with Gasteiger partial charge in [-0.05, 0) is 43.6 Å². The standard InChI is InChI=1S/C10H21N/c1-9(2)3-4-10(5-6-10)7-8-11/h9H,3-8,11H2,1-2H3. The van der Waals surface area contributed by atoms with Crippen molar-refractivity contribution in [3.05, 3.63) is 0 Å². The second kappa shape index (κ2) is 3.57. The fraction of sp³-hybridized carbons (Fsp3) is 1.00. The molecule has 2 N–H and O–H groups in total. The highest BCUT2D eigenvalue weighted by molar-refractivity contribution is 4.92. The first-order valence-electron chi connectivity index (χ1n) is 4.89.